The zero-order valence-electron chi connectivity index (χ0n) is 16.5. The summed E-state index contributed by atoms with van der Waals surface area (Å²) in [6.07, 6.45) is 1.03. The van der Waals surface area contributed by atoms with E-state index in [-0.39, 0.29) is 18.3 Å². The van der Waals surface area contributed by atoms with Gasteiger partial charge in [0.25, 0.3) is 5.69 Å². The van der Waals surface area contributed by atoms with Gasteiger partial charge in [-0.1, -0.05) is 6.07 Å². The average Bonchev–Trinajstić information content (AvgIpc) is 2.60. The third kappa shape index (κ3) is 6.09. The molecule has 1 aromatic rings. The molecule has 0 unspecified atom stereocenters. The number of hydrogen-bond acceptors (Lipinski definition) is 6. The van der Waals surface area contributed by atoms with Gasteiger partial charge in [-0.05, 0) is 52.2 Å². The minimum atomic E-state index is -0.610. The molecule has 1 N–H and O–H groups in total. The highest BCUT2D eigenvalue weighted by Gasteiger charge is 2.30. The Hall–Kier alpha value is -2.35. The van der Waals surface area contributed by atoms with E-state index in [1.54, 1.807) is 11.0 Å². The summed E-state index contributed by atoms with van der Waals surface area (Å²) in [6.45, 7) is 9.37. The number of benzene rings is 1. The molecule has 1 aromatic carbocycles. The van der Waals surface area contributed by atoms with E-state index >= 15 is 0 Å². The summed E-state index contributed by atoms with van der Waals surface area (Å²) in [5.74, 6) is 0. The van der Waals surface area contributed by atoms with Gasteiger partial charge < -0.3 is 19.7 Å². The smallest absolute Gasteiger partial charge is 0.410 e. The molecule has 8 heteroatoms. The lowest BCUT2D eigenvalue weighted by Crippen LogP contribution is -2.45. The molecule has 1 aliphatic heterocycles. The zero-order chi connectivity index (χ0) is 20.0. The number of ether oxygens (including phenoxy) is 2. The summed E-state index contributed by atoms with van der Waals surface area (Å²) in [5.41, 5.74) is 0.564. The monoisotopic (exact) mass is 379 g/mol. The molecule has 0 aliphatic carbocycles. The number of hydrogen-bond donors (Lipinski definition) is 1. The van der Waals surface area contributed by atoms with E-state index in [0.717, 1.165) is 12.8 Å². The first-order valence-corrected chi connectivity index (χ1v) is 9.30. The van der Waals surface area contributed by atoms with Crippen LogP contribution in [0.15, 0.2) is 18.2 Å². The van der Waals surface area contributed by atoms with E-state index in [2.05, 4.69) is 5.32 Å². The number of nitrogens with zero attached hydrogens (tertiary/aromatic N) is 2. The van der Waals surface area contributed by atoms with Crippen LogP contribution in [-0.4, -0.2) is 47.3 Å². The quantitative estimate of drug-likeness (QED) is 0.594. The Labute approximate surface area is 160 Å². The third-order valence-electron chi connectivity index (χ3n) is 4.24. The van der Waals surface area contributed by atoms with Gasteiger partial charge >= 0.3 is 6.09 Å². The average molecular weight is 379 g/mol. The number of rotatable bonds is 6. The zero-order valence-corrected chi connectivity index (χ0v) is 16.5. The Morgan fingerprint density at radius 1 is 1.37 bits per heavy atom. The van der Waals surface area contributed by atoms with Crippen LogP contribution in [0.3, 0.4) is 0 Å². The van der Waals surface area contributed by atoms with Crippen LogP contribution >= 0.6 is 0 Å². The normalized spacial score (nSPS) is 15.3. The van der Waals surface area contributed by atoms with Crippen LogP contribution in [0.1, 0.15) is 46.1 Å². The molecule has 2 rings (SSSR count). The van der Waals surface area contributed by atoms with Crippen LogP contribution in [-0.2, 0) is 16.0 Å². The second-order valence-corrected chi connectivity index (χ2v) is 7.59. The Bertz CT molecular complexity index is 666. The van der Waals surface area contributed by atoms with Crippen molar-refractivity contribution in [3.8, 4) is 0 Å². The summed E-state index contributed by atoms with van der Waals surface area (Å²) in [4.78, 5) is 25.4. The number of amides is 1. The molecule has 0 atom stereocenters. The summed E-state index contributed by atoms with van der Waals surface area (Å²) < 4.78 is 11.0. The van der Waals surface area contributed by atoms with Gasteiger partial charge in [-0.15, -0.1) is 0 Å². The lowest BCUT2D eigenvalue weighted by atomic mass is 10.1. The molecular formula is C19H29N3O5. The number of carbonyl (C=O) groups is 1. The number of carbonyl (C=O) groups excluding carboxylic acids is 1. The first kappa shape index (κ1) is 21.0. The van der Waals surface area contributed by atoms with Gasteiger partial charge in [0, 0.05) is 38.4 Å². The first-order valence-electron chi connectivity index (χ1n) is 9.30. The molecule has 1 aliphatic rings. The van der Waals surface area contributed by atoms with Crippen LogP contribution in [0.2, 0.25) is 0 Å². The van der Waals surface area contributed by atoms with Gasteiger partial charge in [-0.3, -0.25) is 10.1 Å². The van der Waals surface area contributed by atoms with Gasteiger partial charge in [-0.2, -0.15) is 0 Å². The minimum absolute atomic E-state index is 0.00506. The SMILES string of the molecule is CCNc1ccc(CN(C(=O)OC(C)(C)C)C2CCOCC2)cc1[N+](=O)[O-]. The molecule has 0 saturated carbocycles. The predicted molar refractivity (Wildman–Crippen MR) is 103 cm³/mol. The molecule has 0 spiro atoms. The molecule has 1 fully saturated rings. The van der Waals surface area contributed by atoms with Crippen LogP contribution in [0.5, 0.6) is 0 Å². The van der Waals surface area contributed by atoms with E-state index in [0.29, 0.717) is 31.0 Å². The molecule has 0 aromatic heterocycles. The third-order valence-corrected chi connectivity index (χ3v) is 4.24. The summed E-state index contributed by atoms with van der Waals surface area (Å²) in [5, 5.41) is 14.4. The lowest BCUT2D eigenvalue weighted by molar-refractivity contribution is -0.384. The summed E-state index contributed by atoms with van der Waals surface area (Å²) in [6, 6.07) is 5.01. The van der Waals surface area contributed by atoms with Crippen molar-refractivity contribution >= 4 is 17.5 Å². The fraction of sp³-hybridized carbons (Fsp3) is 0.632. The van der Waals surface area contributed by atoms with Crippen molar-refractivity contribution in [2.24, 2.45) is 0 Å². The van der Waals surface area contributed by atoms with Crippen molar-refractivity contribution in [2.45, 2.75) is 58.7 Å². The Morgan fingerprint density at radius 2 is 2.04 bits per heavy atom. The van der Waals surface area contributed by atoms with E-state index in [1.807, 2.05) is 33.8 Å². The highest BCUT2D eigenvalue weighted by molar-refractivity contribution is 5.69. The van der Waals surface area contributed by atoms with Gasteiger partial charge in [0.05, 0.1) is 4.92 Å². The van der Waals surface area contributed by atoms with Crippen LogP contribution in [0.25, 0.3) is 0 Å². The standard InChI is InChI=1S/C19H29N3O5/c1-5-20-16-7-6-14(12-17(16)22(24)25)13-21(15-8-10-26-11-9-15)18(23)27-19(2,3)4/h6-7,12,15,20H,5,8-11,13H2,1-4H3. The fourth-order valence-electron chi connectivity index (χ4n) is 3.02. The van der Waals surface area contributed by atoms with Crippen molar-refractivity contribution in [1.82, 2.24) is 4.90 Å². The molecule has 1 saturated heterocycles. The largest absolute Gasteiger partial charge is 0.444 e. The molecular weight excluding hydrogens is 350 g/mol. The van der Waals surface area contributed by atoms with Crippen molar-refractivity contribution in [3.63, 3.8) is 0 Å². The molecule has 0 bridgehead atoms. The molecule has 1 heterocycles. The molecule has 1 amide bonds. The van der Waals surface area contributed by atoms with Crippen molar-refractivity contribution in [3.05, 3.63) is 33.9 Å². The summed E-state index contributed by atoms with van der Waals surface area (Å²) >= 11 is 0. The fourth-order valence-corrected chi connectivity index (χ4v) is 3.02. The lowest BCUT2D eigenvalue weighted by Gasteiger charge is -2.35. The maximum absolute atomic E-state index is 12.8. The maximum Gasteiger partial charge on any atom is 0.410 e. The Balaban J connectivity index is 2.27. The van der Waals surface area contributed by atoms with Crippen LogP contribution in [0, 0.1) is 10.1 Å². The second-order valence-electron chi connectivity index (χ2n) is 7.59. The van der Waals surface area contributed by atoms with Gasteiger partial charge in [-0.25, -0.2) is 4.79 Å². The first-order chi connectivity index (χ1) is 12.7. The molecule has 8 nitrogen and oxygen atoms in total. The van der Waals surface area contributed by atoms with Crippen molar-refractivity contribution in [1.29, 1.82) is 0 Å². The Kier molecular flexibility index (Phi) is 7.01. The number of nitro benzene ring substituents is 1. The summed E-state index contributed by atoms with van der Waals surface area (Å²) in [7, 11) is 0. The number of anilines is 1. The molecule has 27 heavy (non-hydrogen) atoms. The topological polar surface area (TPSA) is 93.9 Å². The van der Waals surface area contributed by atoms with E-state index < -0.39 is 16.6 Å². The Morgan fingerprint density at radius 3 is 2.59 bits per heavy atom. The highest BCUT2D eigenvalue weighted by Crippen LogP contribution is 2.28. The second kappa shape index (κ2) is 9.03. The molecule has 0 radical (unpaired) electrons. The van der Waals surface area contributed by atoms with Crippen molar-refractivity contribution in [2.75, 3.05) is 25.1 Å². The predicted octanol–water partition coefficient (Wildman–Crippen LogP) is 3.94. The van der Waals surface area contributed by atoms with Gasteiger partial charge in [0.1, 0.15) is 11.3 Å². The highest BCUT2D eigenvalue weighted by atomic mass is 16.6. The van der Waals surface area contributed by atoms with E-state index in [1.165, 1.54) is 6.07 Å². The van der Waals surface area contributed by atoms with Crippen molar-refractivity contribution < 1.29 is 19.2 Å². The van der Waals surface area contributed by atoms with E-state index in [9.17, 15) is 14.9 Å². The minimum Gasteiger partial charge on any atom is -0.444 e. The van der Waals surface area contributed by atoms with Crippen LogP contribution < -0.4 is 5.32 Å². The number of nitro groups is 1. The van der Waals surface area contributed by atoms with Gasteiger partial charge in [0.15, 0.2) is 0 Å². The van der Waals surface area contributed by atoms with Crippen LogP contribution in [0.4, 0.5) is 16.2 Å². The van der Waals surface area contributed by atoms with Gasteiger partial charge in [0.2, 0.25) is 0 Å². The number of nitrogens with one attached hydrogen (secondary N) is 1. The van der Waals surface area contributed by atoms with E-state index in [4.69, 9.17) is 9.47 Å². The maximum atomic E-state index is 12.8. The molecule has 150 valence electrons.